The number of amides is 1. The van der Waals surface area contributed by atoms with Crippen molar-refractivity contribution in [2.75, 3.05) is 60.0 Å². The third kappa shape index (κ3) is 10.8. The number of nitrogens with one attached hydrogen (secondary N) is 2. The fourth-order valence-corrected chi connectivity index (χ4v) is 2.79. The van der Waals surface area contributed by atoms with Gasteiger partial charge in [-0.3, -0.25) is 4.79 Å². The van der Waals surface area contributed by atoms with Crippen molar-refractivity contribution in [3.05, 3.63) is 23.8 Å². The quantitative estimate of drug-likeness (QED) is 0.195. The minimum Gasteiger partial charge on any atom is -0.493 e. The van der Waals surface area contributed by atoms with E-state index in [1.165, 1.54) is 5.56 Å². The maximum Gasteiger partial charge on any atom is 0.243 e. The van der Waals surface area contributed by atoms with E-state index in [1.807, 2.05) is 12.1 Å². The SMILES string of the molecule is COc1ccc(CC(C)CNC(=NCC(=O)N(C)C)NCCSC)cc1OC.I. The summed E-state index contributed by atoms with van der Waals surface area (Å²) in [6, 6.07) is 5.99. The Balaban J connectivity index is 0.00000784. The number of thioether (sulfide) groups is 1. The molecular weight excluding hydrogens is 503 g/mol. The first-order chi connectivity index (χ1) is 13.4. The molecule has 0 aliphatic heterocycles. The van der Waals surface area contributed by atoms with Gasteiger partial charge in [-0.1, -0.05) is 13.0 Å². The zero-order valence-electron chi connectivity index (χ0n) is 18.3. The first kappa shape index (κ1) is 27.6. The standard InChI is InChI=1S/C20H34N4O3S.HI/c1-15(11-16-7-8-17(26-4)18(12-16)27-5)13-22-20(21-9-10-28-6)23-14-19(25)24(2)3;/h7-8,12,15H,9-11,13-14H2,1-6H3,(H2,21,22,23);1H. The average Bonchev–Trinajstić information content (AvgIpc) is 2.69. The van der Waals surface area contributed by atoms with Gasteiger partial charge in [0.2, 0.25) is 5.91 Å². The molecule has 0 spiro atoms. The lowest BCUT2D eigenvalue weighted by atomic mass is 10.0. The van der Waals surface area contributed by atoms with Gasteiger partial charge in [0.25, 0.3) is 0 Å². The highest BCUT2D eigenvalue weighted by molar-refractivity contribution is 14.0. The third-order valence-electron chi connectivity index (χ3n) is 4.12. The molecule has 0 saturated heterocycles. The lowest BCUT2D eigenvalue weighted by molar-refractivity contribution is -0.127. The van der Waals surface area contributed by atoms with Gasteiger partial charge in [-0.25, -0.2) is 4.99 Å². The number of rotatable bonds is 11. The third-order valence-corrected chi connectivity index (χ3v) is 4.73. The molecule has 0 saturated carbocycles. The van der Waals surface area contributed by atoms with Crippen LogP contribution in [0, 0.1) is 5.92 Å². The number of carbonyl (C=O) groups excluding carboxylic acids is 1. The summed E-state index contributed by atoms with van der Waals surface area (Å²) in [7, 11) is 6.75. The van der Waals surface area contributed by atoms with Crippen molar-refractivity contribution in [3.63, 3.8) is 0 Å². The minimum absolute atomic E-state index is 0. The van der Waals surface area contributed by atoms with Gasteiger partial charge in [0, 0.05) is 32.9 Å². The summed E-state index contributed by atoms with van der Waals surface area (Å²) >= 11 is 1.76. The Hall–Kier alpha value is -1.36. The highest BCUT2D eigenvalue weighted by atomic mass is 127. The van der Waals surface area contributed by atoms with E-state index in [0.29, 0.717) is 11.9 Å². The molecule has 1 amide bonds. The van der Waals surface area contributed by atoms with Crippen LogP contribution in [0.25, 0.3) is 0 Å². The molecule has 0 radical (unpaired) electrons. The van der Waals surface area contributed by atoms with Crippen LogP contribution in [0.3, 0.4) is 0 Å². The number of nitrogens with zero attached hydrogens (tertiary/aromatic N) is 2. The number of hydrogen-bond donors (Lipinski definition) is 2. The minimum atomic E-state index is -0.0238. The van der Waals surface area contributed by atoms with Gasteiger partial charge in [0.15, 0.2) is 17.5 Å². The van der Waals surface area contributed by atoms with Crippen molar-refractivity contribution in [3.8, 4) is 11.5 Å². The second kappa shape index (κ2) is 15.5. The number of guanidine groups is 1. The maximum absolute atomic E-state index is 11.8. The molecule has 0 bridgehead atoms. The average molecular weight is 538 g/mol. The van der Waals surface area contributed by atoms with E-state index < -0.39 is 0 Å². The van der Waals surface area contributed by atoms with Crippen molar-refractivity contribution in [2.45, 2.75) is 13.3 Å². The Morgan fingerprint density at radius 1 is 1.21 bits per heavy atom. The fraction of sp³-hybridized carbons (Fsp3) is 0.600. The fourth-order valence-electron chi connectivity index (χ4n) is 2.49. The largest absolute Gasteiger partial charge is 0.493 e. The first-order valence-corrected chi connectivity index (χ1v) is 10.7. The van der Waals surface area contributed by atoms with Crippen molar-refractivity contribution >= 4 is 47.6 Å². The monoisotopic (exact) mass is 538 g/mol. The number of carbonyl (C=O) groups is 1. The van der Waals surface area contributed by atoms with E-state index in [1.54, 1.807) is 45.0 Å². The van der Waals surface area contributed by atoms with Crippen molar-refractivity contribution < 1.29 is 14.3 Å². The number of methoxy groups -OCH3 is 2. The van der Waals surface area contributed by atoms with Crippen LogP contribution >= 0.6 is 35.7 Å². The van der Waals surface area contributed by atoms with Crippen molar-refractivity contribution in [1.82, 2.24) is 15.5 Å². The molecule has 0 aliphatic rings. The zero-order valence-corrected chi connectivity index (χ0v) is 21.4. The molecule has 29 heavy (non-hydrogen) atoms. The van der Waals surface area contributed by atoms with Crippen LogP contribution in [-0.2, 0) is 11.2 Å². The van der Waals surface area contributed by atoms with E-state index in [2.05, 4.69) is 34.9 Å². The first-order valence-electron chi connectivity index (χ1n) is 9.33. The van der Waals surface area contributed by atoms with Crippen LogP contribution < -0.4 is 20.1 Å². The van der Waals surface area contributed by atoms with Gasteiger partial charge in [-0.05, 0) is 36.3 Å². The Kier molecular flexibility index (Phi) is 14.8. The summed E-state index contributed by atoms with van der Waals surface area (Å²) in [4.78, 5) is 17.8. The molecule has 1 atom stereocenters. The molecule has 1 rings (SSSR count). The van der Waals surface area contributed by atoms with Crippen LogP contribution in [0.1, 0.15) is 12.5 Å². The van der Waals surface area contributed by atoms with Crippen LogP contribution in [-0.4, -0.2) is 76.7 Å². The Morgan fingerprint density at radius 2 is 1.90 bits per heavy atom. The number of benzene rings is 1. The molecule has 0 aliphatic carbocycles. The molecule has 0 heterocycles. The smallest absolute Gasteiger partial charge is 0.243 e. The summed E-state index contributed by atoms with van der Waals surface area (Å²) in [6.07, 6.45) is 2.95. The van der Waals surface area contributed by atoms with Crippen molar-refractivity contribution in [2.24, 2.45) is 10.9 Å². The van der Waals surface area contributed by atoms with Gasteiger partial charge in [-0.2, -0.15) is 11.8 Å². The second-order valence-electron chi connectivity index (χ2n) is 6.75. The zero-order chi connectivity index (χ0) is 20.9. The highest BCUT2D eigenvalue weighted by Gasteiger charge is 2.10. The van der Waals surface area contributed by atoms with E-state index in [9.17, 15) is 4.79 Å². The van der Waals surface area contributed by atoms with Gasteiger partial charge in [0.05, 0.1) is 14.2 Å². The lowest BCUT2D eigenvalue weighted by Gasteiger charge is -2.17. The summed E-state index contributed by atoms with van der Waals surface area (Å²) in [5.41, 5.74) is 1.18. The van der Waals surface area contributed by atoms with Gasteiger partial charge in [0.1, 0.15) is 6.54 Å². The van der Waals surface area contributed by atoms with Crippen LogP contribution in [0.4, 0.5) is 0 Å². The molecule has 1 aromatic rings. The molecule has 7 nitrogen and oxygen atoms in total. The maximum atomic E-state index is 11.8. The normalized spacial score (nSPS) is 11.9. The number of aliphatic imine (C=N–C) groups is 1. The highest BCUT2D eigenvalue weighted by Crippen LogP contribution is 2.28. The number of ether oxygens (including phenoxy) is 2. The van der Waals surface area contributed by atoms with Crippen LogP contribution in [0.5, 0.6) is 11.5 Å². The summed E-state index contributed by atoms with van der Waals surface area (Å²) in [6.45, 7) is 3.85. The second-order valence-corrected chi connectivity index (χ2v) is 7.74. The Morgan fingerprint density at radius 3 is 2.48 bits per heavy atom. The molecule has 1 unspecified atom stereocenters. The topological polar surface area (TPSA) is 75.2 Å². The van der Waals surface area contributed by atoms with Crippen LogP contribution in [0.2, 0.25) is 0 Å². The van der Waals surface area contributed by atoms with E-state index in [0.717, 1.165) is 36.8 Å². The molecule has 166 valence electrons. The Labute approximate surface area is 196 Å². The molecule has 2 N–H and O–H groups in total. The van der Waals surface area contributed by atoms with E-state index in [4.69, 9.17) is 9.47 Å². The summed E-state index contributed by atoms with van der Waals surface area (Å²) < 4.78 is 10.7. The van der Waals surface area contributed by atoms with E-state index in [-0.39, 0.29) is 36.4 Å². The predicted molar refractivity (Wildman–Crippen MR) is 133 cm³/mol. The van der Waals surface area contributed by atoms with Crippen molar-refractivity contribution in [1.29, 1.82) is 0 Å². The number of hydrogen-bond acceptors (Lipinski definition) is 5. The van der Waals surface area contributed by atoms with Gasteiger partial charge < -0.3 is 25.0 Å². The van der Waals surface area contributed by atoms with Gasteiger partial charge in [-0.15, -0.1) is 24.0 Å². The summed E-state index contributed by atoms with van der Waals surface area (Å²) in [5, 5.41) is 6.63. The van der Waals surface area contributed by atoms with Gasteiger partial charge >= 0.3 is 0 Å². The number of halogens is 1. The van der Waals surface area contributed by atoms with E-state index >= 15 is 0 Å². The molecule has 9 heteroatoms. The summed E-state index contributed by atoms with van der Waals surface area (Å²) in [5.74, 6) is 3.46. The predicted octanol–water partition coefficient (Wildman–Crippen LogP) is 2.49. The molecule has 0 aromatic heterocycles. The molecule has 0 fully saturated rings. The van der Waals surface area contributed by atoms with Crippen LogP contribution in [0.15, 0.2) is 23.2 Å². The Bertz CT molecular complexity index is 644. The molecule has 1 aromatic carbocycles. The molecular formula is C20H35IN4O3S. The lowest BCUT2D eigenvalue weighted by Crippen LogP contribution is -2.41. The number of likely N-dealkylation sites (N-methyl/N-ethyl adjacent to an activating group) is 1.